The Bertz CT molecular complexity index is 584. The summed E-state index contributed by atoms with van der Waals surface area (Å²) < 4.78 is 4.18. The molecule has 0 saturated carbocycles. The summed E-state index contributed by atoms with van der Waals surface area (Å²) in [5, 5.41) is 14.6. The van der Waals surface area contributed by atoms with Crippen LogP contribution in [-0.4, -0.2) is 16.8 Å². The van der Waals surface area contributed by atoms with Crippen LogP contribution >= 0.6 is 23.3 Å². The van der Waals surface area contributed by atoms with E-state index >= 15 is 0 Å². The minimum absolute atomic E-state index is 0.553. The molecule has 0 amide bonds. The molecular weight excluding hydrogens is 264 g/mol. The Morgan fingerprint density at radius 2 is 2.22 bits per heavy atom. The highest BCUT2D eigenvalue weighted by Crippen LogP contribution is 2.29. The molecule has 0 spiro atoms. The molecule has 0 radical (unpaired) electrons. The molecule has 1 heterocycles. The summed E-state index contributed by atoms with van der Waals surface area (Å²) in [6.45, 7) is 0. The van der Waals surface area contributed by atoms with E-state index in [1.165, 1.54) is 23.3 Å². The smallest absolute Gasteiger partial charge is 0.148 e. The zero-order valence-corrected chi connectivity index (χ0v) is 11.3. The number of nitriles is 1. The van der Waals surface area contributed by atoms with Crippen molar-refractivity contribution in [1.82, 2.24) is 4.37 Å². The minimum Gasteiger partial charge on any atom is -0.266 e. The first-order valence-electron chi connectivity index (χ1n) is 5.13. The summed E-state index contributed by atoms with van der Waals surface area (Å²) in [5.41, 5.74) is 4.41. The second-order valence-corrected chi connectivity index (χ2v) is 4.86. The molecule has 0 saturated heterocycles. The fourth-order valence-electron chi connectivity index (χ4n) is 1.29. The van der Waals surface area contributed by atoms with Crippen LogP contribution in [-0.2, 0) is 0 Å². The highest BCUT2D eigenvalue weighted by Gasteiger charge is 2.11. The first kappa shape index (κ1) is 12.6. The van der Waals surface area contributed by atoms with Crippen molar-refractivity contribution in [3.63, 3.8) is 0 Å². The van der Waals surface area contributed by atoms with Gasteiger partial charge < -0.3 is 0 Å². The number of thioether (sulfide) groups is 1. The number of hydrogen-bond donors (Lipinski definition) is 1. The molecule has 0 fully saturated rings. The van der Waals surface area contributed by atoms with E-state index in [-0.39, 0.29) is 0 Å². The average Bonchev–Trinajstić information content (AvgIpc) is 2.82. The molecular formula is C12H10N4S2. The van der Waals surface area contributed by atoms with E-state index in [4.69, 9.17) is 5.26 Å². The number of benzene rings is 1. The van der Waals surface area contributed by atoms with Gasteiger partial charge in [-0.1, -0.05) is 30.3 Å². The third-order valence-corrected chi connectivity index (χ3v) is 3.69. The molecule has 0 aliphatic heterocycles. The van der Waals surface area contributed by atoms with Crippen LogP contribution in [0, 0.1) is 11.3 Å². The monoisotopic (exact) mass is 274 g/mol. The number of hydrazone groups is 1. The summed E-state index contributed by atoms with van der Waals surface area (Å²) >= 11 is 2.70. The summed E-state index contributed by atoms with van der Waals surface area (Å²) in [6.07, 6.45) is 3.60. The number of nitrogens with one attached hydrogen (secondary N) is 1. The molecule has 0 unspecified atom stereocenters. The maximum Gasteiger partial charge on any atom is 0.148 e. The van der Waals surface area contributed by atoms with Gasteiger partial charge in [0, 0.05) is 0 Å². The molecule has 18 heavy (non-hydrogen) atoms. The third-order valence-electron chi connectivity index (χ3n) is 2.15. The molecule has 2 aromatic rings. The van der Waals surface area contributed by atoms with Crippen LogP contribution in [0.3, 0.4) is 0 Å². The lowest BCUT2D eigenvalue weighted by Crippen LogP contribution is -1.90. The van der Waals surface area contributed by atoms with Crippen molar-refractivity contribution in [1.29, 1.82) is 5.26 Å². The van der Waals surface area contributed by atoms with Crippen LogP contribution < -0.4 is 5.43 Å². The molecule has 90 valence electrons. The van der Waals surface area contributed by atoms with Gasteiger partial charge in [-0.2, -0.15) is 14.7 Å². The topological polar surface area (TPSA) is 61.1 Å². The largest absolute Gasteiger partial charge is 0.266 e. The predicted octanol–water partition coefficient (Wildman–Crippen LogP) is 3.18. The Hall–Kier alpha value is -1.84. The first-order chi connectivity index (χ1) is 8.85. The highest BCUT2D eigenvalue weighted by molar-refractivity contribution is 7.98. The van der Waals surface area contributed by atoms with Gasteiger partial charge in [-0.25, -0.2) is 0 Å². The van der Waals surface area contributed by atoms with Crippen molar-refractivity contribution in [2.24, 2.45) is 5.10 Å². The number of hydrogen-bond acceptors (Lipinski definition) is 6. The summed E-state index contributed by atoms with van der Waals surface area (Å²) in [5.74, 6) is 0. The average molecular weight is 274 g/mol. The summed E-state index contributed by atoms with van der Waals surface area (Å²) in [6, 6.07) is 11.9. The lowest BCUT2D eigenvalue weighted by Gasteiger charge is -1.95. The fourth-order valence-corrected chi connectivity index (χ4v) is 2.71. The Kier molecular flexibility index (Phi) is 4.34. The normalized spacial score (nSPS) is 10.4. The molecule has 1 aromatic heterocycles. The number of anilines is 1. The second kappa shape index (κ2) is 6.19. The fraction of sp³-hybridized carbons (Fsp3) is 0.0833. The van der Waals surface area contributed by atoms with Gasteiger partial charge in [0.1, 0.15) is 21.7 Å². The lowest BCUT2D eigenvalue weighted by atomic mass is 10.2. The van der Waals surface area contributed by atoms with Gasteiger partial charge in [-0.15, -0.1) is 11.8 Å². The molecule has 0 atom stereocenters. The Morgan fingerprint density at radius 3 is 2.89 bits per heavy atom. The molecule has 2 rings (SSSR count). The number of nitrogens with zero attached hydrogens (tertiary/aromatic N) is 3. The van der Waals surface area contributed by atoms with E-state index in [0.717, 1.165) is 10.6 Å². The minimum atomic E-state index is 0.553. The van der Waals surface area contributed by atoms with Gasteiger partial charge >= 0.3 is 0 Å². The lowest BCUT2D eigenvalue weighted by molar-refractivity contribution is 1.25. The van der Waals surface area contributed by atoms with Crippen molar-refractivity contribution in [2.75, 3.05) is 11.7 Å². The molecule has 6 heteroatoms. The van der Waals surface area contributed by atoms with Gasteiger partial charge in [0.2, 0.25) is 0 Å². The first-order valence-corrected chi connectivity index (χ1v) is 7.13. The zero-order chi connectivity index (χ0) is 12.8. The van der Waals surface area contributed by atoms with Crippen molar-refractivity contribution in [2.45, 2.75) is 5.03 Å². The highest BCUT2D eigenvalue weighted by atomic mass is 32.2. The maximum absolute atomic E-state index is 9.05. The van der Waals surface area contributed by atoms with Gasteiger partial charge in [0.05, 0.1) is 6.21 Å². The van der Waals surface area contributed by atoms with Gasteiger partial charge in [-0.05, 0) is 23.4 Å². The quantitative estimate of drug-likeness (QED) is 0.528. The standard InChI is InChI=1S/C12H10N4S2/c1-17-12-10(7-13)11(18-16-12)15-14-8-9-5-3-2-4-6-9/h2-6,8,15H,1H3/b14-8+. The third kappa shape index (κ3) is 2.88. The van der Waals surface area contributed by atoms with Crippen molar-refractivity contribution in [3.8, 4) is 6.07 Å². The van der Waals surface area contributed by atoms with Gasteiger partial charge in [0.25, 0.3) is 0 Å². The SMILES string of the molecule is CSc1nsc(N/N=C/c2ccccc2)c1C#N. The van der Waals surface area contributed by atoms with Crippen LogP contribution in [0.4, 0.5) is 5.00 Å². The van der Waals surface area contributed by atoms with Crippen LogP contribution in [0.2, 0.25) is 0 Å². The van der Waals surface area contributed by atoms with Crippen molar-refractivity contribution < 1.29 is 0 Å². The van der Waals surface area contributed by atoms with Crippen LogP contribution in [0.5, 0.6) is 0 Å². The summed E-state index contributed by atoms with van der Waals surface area (Å²) in [7, 11) is 0. The van der Waals surface area contributed by atoms with Crippen molar-refractivity contribution in [3.05, 3.63) is 41.5 Å². The second-order valence-electron chi connectivity index (χ2n) is 3.29. The van der Waals surface area contributed by atoms with E-state index in [9.17, 15) is 0 Å². The van der Waals surface area contributed by atoms with E-state index in [0.29, 0.717) is 10.6 Å². The van der Waals surface area contributed by atoms with E-state index < -0.39 is 0 Å². The molecule has 4 nitrogen and oxygen atoms in total. The van der Waals surface area contributed by atoms with Gasteiger partial charge in [0.15, 0.2) is 0 Å². The summed E-state index contributed by atoms with van der Waals surface area (Å²) in [4.78, 5) is 0. The van der Waals surface area contributed by atoms with E-state index in [1.54, 1.807) is 6.21 Å². The molecule has 0 aliphatic carbocycles. The molecule has 0 bridgehead atoms. The molecule has 1 aromatic carbocycles. The van der Waals surface area contributed by atoms with E-state index in [2.05, 4.69) is 21.0 Å². The van der Waals surface area contributed by atoms with Crippen LogP contribution in [0.1, 0.15) is 11.1 Å². The zero-order valence-electron chi connectivity index (χ0n) is 9.62. The van der Waals surface area contributed by atoms with Crippen LogP contribution in [0.15, 0.2) is 40.5 Å². The van der Waals surface area contributed by atoms with Crippen molar-refractivity contribution >= 4 is 34.5 Å². The van der Waals surface area contributed by atoms with E-state index in [1.807, 2.05) is 36.6 Å². The van der Waals surface area contributed by atoms with Crippen LogP contribution in [0.25, 0.3) is 0 Å². The number of aromatic nitrogens is 1. The maximum atomic E-state index is 9.05. The predicted molar refractivity (Wildman–Crippen MR) is 76.3 cm³/mol. The Morgan fingerprint density at radius 1 is 1.44 bits per heavy atom. The Balaban J connectivity index is 2.09. The molecule has 0 aliphatic rings. The van der Waals surface area contributed by atoms with Gasteiger partial charge in [-0.3, -0.25) is 5.43 Å². The molecule has 1 N–H and O–H groups in total. The Labute approximate surface area is 114 Å². The number of rotatable bonds is 4.